The molecule has 9 heteroatoms. The van der Waals surface area contributed by atoms with Crippen LogP contribution in [-0.4, -0.2) is 25.5 Å². The van der Waals surface area contributed by atoms with E-state index in [4.69, 9.17) is 17.3 Å². The molecule has 0 bridgehead atoms. The molecule has 0 saturated heterocycles. The summed E-state index contributed by atoms with van der Waals surface area (Å²) in [6.07, 6.45) is 6.72. The van der Waals surface area contributed by atoms with Crippen LogP contribution in [0.4, 0.5) is 15.9 Å². The number of halogens is 2. The van der Waals surface area contributed by atoms with E-state index in [2.05, 4.69) is 15.5 Å². The molecule has 2 atom stereocenters. The van der Waals surface area contributed by atoms with Crippen molar-refractivity contribution in [1.29, 1.82) is 0 Å². The largest absolute Gasteiger partial charge is 0.383 e. The second kappa shape index (κ2) is 7.51. The van der Waals surface area contributed by atoms with Gasteiger partial charge in [-0.05, 0) is 48.9 Å². The molecule has 0 spiro atoms. The first-order valence-corrected chi connectivity index (χ1v) is 9.78. The molecule has 2 aromatic heterocycles. The van der Waals surface area contributed by atoms with Gasteiger partial charge in [0.2, 0.25) is 0 Å². The number of carbonyl (C=O) groups excluding carboxylic acids is 1. The SMILES string of the molecule is Cn1cc([C@@H]2CC[C@@H](c3nn(C)c(N)c3C(=O)Nc3ccc(F)c(Cl)c3)C2)cn1. The van der Waals surface area contributed by atoms with Gasteiger partial charge in [0.05, 0.1) is 16.9 Å². The molecule has 4 rings (SSSR count). The smallest absolute Gasteiger partial charge is 0.261 e. The van der Waals surface area contributed by atoms with Gasteiger partial charge in [0.1, 0.15) is 17.2 Å². The average Bonchev–Trinajstić information content (AvgIpc) is 3.38. The maximum absolute atomic E-state index is 13.4. The van der Waals surface area contributed by atoms with Crippen molar-refractivity contribution < 1.29 is 9.18 Å². The highest BCUT2D eigenvalue weighted by Crippen LogP contribution is 2.44. The van der Waals surface area contributed by atoms with Crippen LogP contribution >= 0.6 is 11.6 Å². The minimum atomic E-state index is -0.543. The lowest BCUT2D eigenvalue weighted by Crippen LogP contribution is -2.16. The summed E-state index contributed by atoms with van der Waals surface area (Å²) >= 11 is 5.82. The minimum absolute atomic E-state index is 0.0581. The van der Waals surface area contributed by atoms with Gasteiger partial charge in [0, 0.05) is 31.9 Å². The third-order valence-corrected chi connectivity index (χ3v) is 5.83. The minimum Gasteiger partial charge on any atom is -0.383 e. The molecule has 3 N–H and O–H groups in total. The highest BCUT2D eigenvalue weighted by molar-refractivity contribution is 6.31. The lowest BCUT2D eigenvalue weighted by molar-refractivity contribution is 0.102. The number of hydrogen-bond acceptors (Lipinski definition) is 4. The lowest BCUT2D eigenvalue weighted by Gasteiger charge is -2.11. The highest BCUT2D eigenvalue weighted by atomic mass is 35.5. The van der Waals surface area contributed by atoms with Gasteiger partial charge < -0.3 is 11.1 Å². The van der Waals surface area contributed by atoms with Gasteiger partial charge in [-0.1, -0.05) is 11.6 Å². The predicted octanol–water partition coefficient (Wildman–Crippen LogP) is 3.83. The molecule has 152 valence electrons. The van der Waals surface area contributed by atoms with Crippen LogP contribution in [0, 0.1) is 5.82 Å². The fraction of sp³-hybridized carbons (Fsp3) is 0.350. The van der Waals surface area contributed by atoms with Crippen LogP contribution < -0.4 is 11.1 Å². The molecule has 1 aliphatic rings. The van der Waals surface area contributed by atoms with Crippen LogP contribution in [0.15, 0.2) is 30.6 Å². The summed E-state index contributed by atoms with van der Waals surface area (Å²) in [7, 11) is 3.62. The second-order valence-corrected chi connectivity index (χ2v) is 7.91. The van der Waals surface area contributed by atoms with E-state index >= 15 is 0 Å². The maximum atomic E-state index is 13.4. The van der Waals surface area contributed by atoms with Crippen LogP contribution in [-0.2, 0) is 14.1 Å². The molecule has 0 radical (unpaired) electrons. The van der Waals surface area contributed by atoms with E-state index in [0.717, 1.165) is 19.3 Å². The van der Waals surface area contributed by atoms with Crippen LogP contribution in [0.25, 0.3) is 0 Å². The molecular weight excluding hydrogens is 395 g/mol. The van der Waals surface area contributed by atoms with Gasteiger partial charge in [0.25, 0.3) is 5.91 Å². The number of rotatable bonds is 4. The van der Waals surface area contributed by atoms with Gasteiger partial charge in [-0.25, -0.2) is 4.39 Å². The average molecular weight is 417 g/mol. The summed E-state index contributed by atoms with van der Waals surface area (Å²) < 4.78 is 16.7. The van der Waals surface area contributed by atoms with Crippen molar-refractivity contribution in [3.05, 3.63) is 58.3 Å². The highest BCUT2D eigenvalue weighted by Gasteiger charge is 2.34. The third kappa shape index (κ3) is 3.72. The Morgan fingerprint density at radius 3 is 2.76 bits per heavy atom. The first-order valence-electron chi connectivity index (χ1n) is 9.40. The number of nitrogens with one attached hydrogen (secondary N) is 1. The van der Waals surface area contributed by atoms with Gasteiger partial charge in [-0.3, -0.25) is 14.2 Å². The number of benzene rings is 1. The van der Waals surface area contributed by atoms with Crippen molar-refractivity contribution in [3.8, 4) is 0 Å². The van der Waals surface area contributed by atoms with Gasteiger partial charge in [0.15, 0.2) is 0 Å². The topological polar surface area (TPSA) is 90.8 Å². The molecular formula is C20H22ClFN6O. The van der Waals surface area contributed by atoms with E-state index in [9.17, 15) is 9.18 Å². The zero-order valence-corrected chi connectivity index (χ0v) is 16.9. The fourth-order valence-electron chi connectivity index (χ4n) is 4.03. The number of amides is 1. The van der Waals surface area contributed by atoms with Crippen molar-refractivity contribution in [2.24, 2.45) is 14.1 Å². The van der Waals surface area contributed by atoms with E-state index in [1.807, 2.05) is 19.4 Å². The Kier molecular flexibility index (Phi) is 5.04. The van der Waals surface area contributed by atoms with E-state index in [-0.39, 0.29) is 16.8 Å². The molecule has 1 aromatic carbocycles. The number of nitrogens with two attached hydrogens (primary N) is 1. The van der Waals surface area contributed by atoms with Crippen LogP contribution in [0.5, 0.6) is 0 Å². The first kappa shape index (κ1) is 19.4. The van der Waals surface area contributed by atoms with E-state index in [1.54, 1.807) is 11.7 Å². The molecule has 2 heterocycles. The van der Waals surface area contributed by atoms with Gasteiger partial charge >= 0.3 is 0 Å². The van der Waals surface area contributed by atoms with Crippen LogP contribution in [0.2, 0.25) is 5.02 Å². The first-order chi connectivity index (χ1) is 13.8. The predicted molar refractivity (Wildman–Crippen MR) is 110 cm³/mol. The molecule has 1 amide bonds. The summed E-state index contributed by atoms with van der Waals surface area (Å²) in [6.45, 7) is 0. The summed E-state index contributed by atoms with van der Waals surface area (Å²) in [6, 6.07) is 4.04. The Hall–Kier alpha value is -2.87. The van der Waals surface area contributed by atoms with Crippen molar-refractivity contribution >= 4 is 29.0 Å². The van der Waals surface area contributed by atoms with E-state index in [1.165, 1.54) is 28.4 Å². The number of aromatic nitrogens is 4. The summed E-state index contributed by atoms with van der Waals surface area (Å²) in [5.74, 6) is -0.114. The number of aryl methyl sites for hydroxylation is 2. The van der Waals surface area contributed by atoms with Crippen molar-refractivity contribution in [3.63, 3.8) is 0 Å². The quantitative estimate of drug-likeness (QED) is 0.676. The summed E-state index contributed by atoms with van der Waals surface area (Å²) in [4.78, 5) is 13.0. The van der Waals surface area contributed by atoms with Gasteiger partial charge in [-0.15, -0.1) is 0 Å². The van der Waals surface area contributed by atoms with Gasteiger partial charge in [-0.2, -0.15) is 10.2 Å². The molecule has 1 aliphatic carbocycles. The zero-order chi connectivity index (χ0) is 20.7. The Bertz CT molecular complexity index is 1080. The van der Waals surface area contributed by atoms with Crippen molar-refractivity contribution in [2.75, 3.05) is 11.1 Å². The Balaban J connectivity index is 1.58. The molecule has 3 aromatic rings. The second-order valence-electron chi connectivity index (χ2n) is 7.51. The standard InChI is InChI=1S/C20H22ClFN6O/c1-27-10-13(9-24-27)11-3-4-12(7-11)18-17(19(23)28(2)26-18)20(29)25-14-5-6-16(22)15(21)8-14/h5-6,8-12H,3-4,7,23H2,1-2H3,(H,25,29)/t11-,12-/m1/s1. The number of carbonyl (C=O) groups is 1. The number of nitrogens with zero attached hydrogens (tertiary/aromatic N) is 4. The van der Waals surface area contributed by atoms with Crippen LogP contribution in [0.3, 0.4) is 0 Å². The van der Waals surface area contributed by atoms with Crippen LogP contribution in [0.1, 0.15) is 52.7 Å². The Morgan fingerprint density at radius 2 is 2.07 bits per heavy atom. The zero-order valence-electron chi connectivity index (χ0n) is 16.2. The van der Waals surface area contributed by atoms with Crippen molar-refractivity contribution in [2.45, 2.75) is 31.1 Å². The molecule has 1 saturated carbocycles. The molecule has 7 nitrogen and oxygen atoms in total. The fourth-order valence-corrected chi connectivity index (χ4v) is 4.21. The third-order valence-electron chi connectivity index (χ3n) is 5.54. The normalized spacial score (nSPS) is 18.9. The lowest BCUT2D eigenvalue weighted by atomic mass is 9.95. The molecule has 1 fully saturated rings. The number of anilines is 2. The number of nitrogen functional groups attached to an aromatic ring is 1. The summed E-state index contributed by atoms with van der Waals surface area (Å²) in [5, 5.41) is 11.5. The monoisotopic (exact) mass is 416 g/mol. The van der Waals surface area contributed by atoms with E-state index < -0.39 is 5.82 Å². The number of hydrogen-bond donors (Lipinski definition) is 2. The summed E-state index contributed by atoms with van der Waals surface area (Å²) in [5.41, 5.74) is 8.83. The Labute approximate surface area is 172 Å². The molecule has 0 unspecified atom stereocenters. The van der Waals surface area contributed by atoms with E-state index in [0.29, 0.717) is 28.7 Å². The Morgan fingerprint density at radius 1 is 1.31 bits per heavy atom. The molecule has 0 aliphatic heterocycles. The maximum Gasteiger partial charge on any atom is 0.261 e. The molecule has 29 heavy (non-hydrogen) atoms. The van der Waals surface area contributed by atoms with Crippen molar-refractivity contribution in [1.82, 2.24) is 19.6 Å².